The third kappa shape index (κ3) is 2.99. The van der Waals surface area contributed by atoms with Crippen LogP contribution in [0.1, 0.15) is 10.4 Å². The Balaban J connectivity index is 1.84. The monoisotopic (exact) mass is 318 g/mol. The van der Waals surface area contributed by atoms with Gasteiger partial charge in [0.25, 0.3) is 5.91 Å². The zero-order chi connectivity index (χ0) is 14.8. The van der Waals surface area contributed by atoms with Crippen molar-refractivity contribution in [3.63, 3.8) is 0 Å². The van der Waals surface area contributed by atoms with E-state index in [0.29, 0.717) is 15.7 Å². The van der Waals surface area contributed by atoms with Crippen LogP contribution in [0.5, 0.6) is 5.75 Å². The molecule has 0 saturated carbocycles. The normalized spacial score (nSPS) is 10.6. The van der Waals surface area contributed by atoms with Gasteiger partial charge in [0, 0.05) is 10.6 Å². The smallest absolute Gasteiger partial charge is 0.257 e. The van der Waals surface area contributed by atoms with Crippen molar-refractivity contribution < 1.29 is 9.53 Å². The van der Waals surface area contributed by atoms with Crippen LogP contribution in [-0.2, 0) is 0 Å². The molecule has 0 unspecified atom stereocenters. The number of halogens is 1. The summed E-state index contributed by atoms with van der Waals surface area (Å²) in [6.45, 7) is 0. The lowest BCUT2D eigenvalue weighted by atomic mass is 10.2. The molecule has 0 aliphatic heterocycles. The molecule has 1 N–H and O–H groups in total. The molecule has 1 aromatic heterocycles. The predicted octanol–water partition coefficient (Wildman–Crippen LogP) is 4.21. The first-order valence-corrected chi connectivity index (χ1v) is 7.36. The summed E-state index contributed by atoms with van der Waals surface area (Å²) in [5.74, 6) is 0.555. The molecule has 4 nitrogen and oxygen atoms in total. The van der Waals surface area contributed by atoms with Crippen molar-refractivity contribution in [3.8, 4) is 5.75 Å². The maximum absolute atomic E-state index is 12.1. The van der Waals surface area contributed by atoms with E-state index in [4.69, 9.17) is 16.3 Å². The minimum Gasteiger partial charge on any atom is -0.497 e. The second kappa shape index (κ2) is 5.71. The number of hydrogen-bond donors (Lipinski definition) is 1. The Labute approximate surface area is 130 Å². The van der Waals surface area contributed by atoms with Crippen molar-refractivity contribution in [1.29, 1.82) is 0 Å². The number of benzene rings is 2. The second-order valence-corrected chi connectivity index (χ2v) is 5.78. The maximum Gasteiger partial charge on any atom is 0.257 e. The van der Waals surface area contributed by atoms with Gasteiger partial charge in [0.1, 0.15) is 5.75 Å². The number of methoxy groups -OCH3 is 1. The molecule has 0 aliphatic carbocycles. The average molecular weight is 319 g/mol. The van der Waals surface area contributed by atoms with E-state index < -0.39 is 0 Å². The fraction of sp³-hybridized carbons (Fsp3) is 0.0667. The summed E-state index contributed by atoms with van der Waals surface area (Å²) < 4.78 is 6.13. The van der Waals surface area contributed by atoms with Gasteiger partial charge in [-0.1, -0.05) is 22.9 Å². The zero-order valence-corrected chi connectivity index (χ0v) is 12.7. The number of thiazole rings is 1. The van der Waals surface area contributed by atoms with Gasteiger partial charge in [-0.05, 0) is 42.5 Å². The molecule has 0 radical (unpaired) electrons. The molecular formula is C15H11ClN2O2S. The Hall–Kier alpha value is -2.11. The summed E-state index contributed by atoms with van der Waals surface area (Å²) in [5, 5.41) is 3.94. The molecule has 0 atom stereocenters. The number of nitrogens with zero attached hydrogens (tertiary/aromatic N) is 1. The maximum atomic E-state index is 12.1. The van der Waals surface area contributed by atoms with Gasteiger partial charge in [0.15, 0.2) is 5.13 Å². The molecule has 106 valence electrons. The van der Waals surface area contributed by atoms with Gasteiger partial charge in [0.05, 0.1) is 17.3 Å². The van der Waals surface area contributed by atoms with E-state index >= 15 is 0 Å². The fourth-order valence-corrected chi connectivity index (χ4v) is 2.87. The molecule has 21 heavy (non-hydrogen) atoms. The molecule has 0 saturated heterocycles. The van der Waals surface area contributed by atoms with E-state index in [-0.39, 0.29) is 5.91 Å². The van der Waals surface area contributed by atoms with Crippen molar-refractivity contribution in [2.45, 2.75) is 0 Å². The van der Waals surface area contributed by atoms with Crippen LogP contribution in [0.15, 0.2) is 42.5 Å². The largest absolute Gasteiger partial charge is 0.497 e. The number of amides is 1. The van der Waals surface area contributed by atoms with E-state index in [2.05, 4.69) is 10.3 Å². The van der Waals surface area contributed by atoms with Crippen LogP contribution in [-0.4, -0.2) is 18.0 Å². The molecule has 0 fully saturated rings. The summed E-state index contributed by atoms with van der Waals surface area (Å²) in [7, 11) is 1.62. The van der Waals surface area contributed by atoms with Gasteiger partial charge in [-0.15, -0.1) is 0 Å². The highest BCUT2D eigenvalue weighted by molar-refractivity contribution is 7.22. The lowest BCUT2D eigenvalue weighted by molar-refractivity contribution is 0.102. The molecule has 3 rings (SSSR count). The first-order chi connectivity index (χ1) is 10.2. The summed E-state index contributed by atoms with van der Waals surface area (Å²) in [6, 6.07) is 12.3. The number of fused-ring (bicyclic) bond motifs is 1. The van der Waals surface area contributed by atoms with Crippen LogP contribution < -0.4 is 10.1 Å². The van der Waals surface area contributed by atoms with E-state index in [0.717, 1.165) is 16.0 Å². The number of rotatable bonds is 3. The lowest BCUT2D eigenvalue weighted by Gasteiger charge is -2.01. The Morgan fingerprint density at radius 2 is 2.00 bits per heavy atom. The van der Waals surface area contributed by atoms with Crippen LogP contribution in [0.2, 0.25) is 5.02 Å². The number of carbonyl (C=O) groups is 1. The summed E-state index contributed by atoms with van der Waals surface area (Å²) in [4.78, 5) is 16.5. The molecule has 0 bridgehead atoms. The number of ether oxygens (including phenoxy) is 1. The van der Waals surface area contributed by atoms with Crippen LogP contribution in [0.25, 0.3) is 10.2 Å². The summed E-state index contributed by atoms with van der Waals surface area (Å²) in [5.41, 5.74) is 1.36. The Morgan fingerprint density at radius 1 is 1.24 bits per heavy atom. The zero-order valence-electron chi connectivity index (χ0n) is 11.1. The minimum absolute atomic E-state index is 0.210. The summed E-state index contributed by atoms with van der Waals surface area (Å²) >= 11 is 7.21. The first-order valence-electron chi connectivity index (χ1n) is 6.17. The van der Waals surface area contributed by atoms with Crippen molar-refractivity contribution >= 4 is 44.2 Å². The molecule has 0 aliphatic rings. The number of nitrogens with one attached hydrogen (secondary N) is 1. The predicted molar refractivity (Wildman–Crippen MR) is 85.6 cm³/mol. The third-order valence-electron chi connectivity index (χ3n) is 2.92. The standard InChI is InChI=1S/C15H11ClN2O2S/c1-20-11-6-7-12-13(8-11)21-15(17-12)18-14(19)9-2-4-10(16)5-3-9/h2-8H,1H3,(H,17,18,19). The highest BCUT2D eigenvalue weighted by Gasteiger charge is 2.10. The first kappa shape index (κ1) is 13.9. The highest BCUT2D eigenvalue weighted by Crippen LogP contribution is 2.29. The van der Waals surface area contributed by atoms with Gasteiger partial charge in [0.2, 0.25) is 0 Å². The van der Waals surface area contributed by atoms with E-state index in [1.54, 1.807) is 31.4 Å². The molecule has 6 heteroatoms. The van der Waals surface area contributed by atoms with Crippen molar-refractivity contribution in [2.24, 2.45) is 0 Å². The number of hydrogen-bond acceptors (Lipinski definition) is 4. The average Bonchev–Trinajstić information content (AvgIpc) is 2.88. The molecule has 3 aromatic rings. The van der Waals surface area contributed by atoms with E-state index in [1.165, 1.54) is 11.3 Å². The minimum atomic E-state index is -0.210. The molecule has 2 aromatic carbocycles. The Kier molecular flexibility index (Phi) is 3.77. The second-order valence-electron chi connectivity index (χ2n) is 4.31. The van der Waals surface area contributed by atoms with Crippen molar-refractivity contribution in [2.75, 3.05) is 12.4 Å². The van der Waals surface area contributed by atoms with Crippen molar-refractivity contribution in [3.05, 3.63) is 53.1 Å². The van der Waals surface area contributed by atoms with Gasteiger partial charge in [-0.2, -0.15) is 0 Å². The number of aromatic nitrogens is 1. The Bertz CT molecular complexity index is 799. The van der Waals surface area contributed by atoms with Crippen LogP contribution in [0, 0.1) is 0 Å². The lowest BCUT2D eigenvalue weighted by Crippen LogP contribution is -2.11. The topological polar surface area (TPSA) is 51.2 Å². The number of anilines is 1. The molecule has 1 heterocycles. The molecular weight excluding hydrogens is 308 g/mol. The third-order valence-corrected chi connectivity index (χ3v) is 4.11. The number of carbonyl (C=O) groups excluding carboxylic acids is 1. The van der Waals surface area contributed by atoms with Gasteiger partial charge >= 0.3 is 0 Å². The quantitative estimate of drug-likeness (QED) is 0.787. The van der Waals surface area contributed by atoms with Crippen LogP contribution >= 0.6 is 22.9 Å². The summed E-state index contributed by atoms with van der Waals surface area (Å²) in [6.07, 6.45) is 0. The SMILES string of the molecule is COc1ccc2nc(NC(=O)c3ccc(Cl)cc3)sc2c1. The molecule has 0 spiro atoms. The fourth-order valence-electron chi connectivity index (χ4n) is 1.86. The van der Waals surface area contributed by atoms with E-state index in [1.807, 2.05) is 18.2 Å². The van der Waals surface area contributed by atoms with Crippen LogP contribution in [0.4, 0.5) is 5.13 Å². The van der Waals surface area contributed by atoms with Gasteiger partial charge < -0.3 is 4.74 Å². The Morgan fingerprint density at radius 3 is 2.71 bits per heavy atom. The highest BCUT2D eigenvalue weighted by atomic mass is 35.5. The van der Waals surface area contributed by atoms with Crippen LogP contribution in [0.3, 0.4) is 0 Å². The van der Waals surface area contributed by atoms with Gasteiger partial charge in [-0.3, -0.25) is 10.1 Å². The van der Waals surface area contributed by atoms with E-state index in [9.17, 15) is 4.79 Å². The van der Waals surface area contributed by atoms with Crippen molar-refractivity contribution in [1.82, 2.24) is 4.98 Å². The molecule has 1 amide bonds. The van der Waals surface area contributed by atoms with Gasteiger partial charge in [-0.25, -0.2) is 4.98 Å².